The van der Waals surface area contributed by atoms with Gasteiger partial charge in [0.25, 0.3) is 0 Å². The van der Waals surface area contributed by atoms with Gasteiger partial charge >= 0.3 is 5.97 Å². The minimum atomic E-state index is -0.621. The number of hydrogen-bond donors (Lipinski definition) is 1. The Labute approximate surface area is 126 Å². The first-order chi connectivity index (χ1) is 10.1. The molecule has 4 aliphatic rings. The van der Waals surface area contributed by atoms with Crippen LogP contribution in [0.2, 0.25) is 0 Å². The number of aliphatic carboxylic acids is 1. The molecule has 2 nitrogen and oxygen atoms in total. The van der Waals surface area contributed by atoms with E-state index in [-0.39, 0.29) is 5.41 Å². The first-order valence-electron chi connectivity index (χ1n) is 8.37. The molecule has 0 unspecified atom stereocenters. The van der Waals surface area contributed by atoms with E-state index < -0.39 is 5.97 Å². The van der Waals surface area contributed by atoms with E-state index in [0.29, 0.717) is 18.3 Å². The standard InChI is InChI=1S/C19H24O2/c1-12-3-2-4-15(5-12)19(11-18(20)21)16-7-13-6-14(9-16)10-17(19)8-13/h2-5,13-14,16-17H,6-11H2,1H3,(H,20,21). The number of carboxylic acids is 1. The van der Waals surface area contributed by atoms with E-state index in [9.17, 15) is 9.90 Å². The summed E-state index contributed by atoms with van der Waals surface area (Å²) in [5.41, 5.74) is 2.47. The van der Waals surface area contributed by atoms with Crippen LogP contribution in [0.5, 0.6) is 0 Å². The Morgan fingerprint density at radius 3 is 2.29 bits per heavy atom. The lowest BCUT2D eigenvalue weighted by Gasteiger charge is -2.61. The van der Waals surface area contributed by atoms with Gasteiger partial charge in [0, 0.05) is 5.41 Å². The monoisotopic (exact) mass is 284 g/mol. The number of hydrogen-bond acceptors (Lipinski definition) is 1. The van der Waals surface area contributed by atoms with Crippen molar-refractivity contribution >= 4 is 5.97 Å². The van der Waals surface area contributed by atoms with E-state index in [2.05, 4.69) is 31.2 Å². The summed E-state index contributed by atoms with van der Waals surface area (Å²) in [5, 5.41) is 9.59. The van der Waals surface area contributed by atoms with Crippen LogP contribution in [0.15, 0.2) is 24.3 Å². The number of carbonyl (C=O) groups is 1. The van der Waals surface area contributed by atoms with Gasteiger partial charge in [0.2, 0.25) is 0 Å². The lowest BCUT2D eigenvalue weighted by molar-refractivity contribution is -0.144. The second-order valence-electron chi connectivity index (χ2n) is 7.78. The van der Waals surface area contributed by atoms with E-state index in [4.69, 9.17) is 0 Å². The molecule has 1 aromatic carbocycles. The number of rotatable bonds is 3. The van der Waals surface area contributed by atoms with E-state index in [1.54, 1.807) is 0 Å². The molecule has 0 atom stereocenters. The van der Waals surface area contributed by atoms with Crippen LogP contribution in [-0.4, -0.2) is 11.1 Å². The first-order valence-corrected chi connectivity index (χ1v) is 8.37. The van der Waals surface area contributed by atoms with Crippen molar-refractivity contribution in [2.45, 2.75) is 50.9 Å². The molecule has 112 valence electrons. The summed E-state index contributed by atoms with van der Waals surface area (Å²) >= 11 is 0. The first kappa shape index (κ1) is 13.4. The Kier molecular flexibility index (Phi) is 2.92. The minimum absolute atomic E-state index is 0.0920. The van der Waals surface area contributed by atoms with Gasteiger partial charge in [-0.2, -0.15) is 0 Å². The van der Waals surface area contributed by atoms with Crippen LogP contribution in [0, 0.1) is 30.6 Å². The summed E-state index contributed by atoms with van der Waals surface area (Å²) in [6.45, 7) is 2.12. The molecule has 0 heterocycles. The second-order valence-corrected chi connectivity index (χ2v) is 7.78. The third kappa shape index (κ3) is 1.95. The number of carboxylic acid groups (broad SMARTS) is 1. The van der Waals surface area contributed by atoms with Crippen molar-refractivity contribution in [3.63, 3.8) is 0 Å². The quantitative estimate of drug-likeness (QED) is 0.904. The Bertz CT molecular complexity index is 547. The van der Waals surface area contributed by atoms with Crippen molar-refractivity contribution in [1.29, 1.82) is 0 Å². The largest absolute Gasteiger partial charge is 0.481 e. The van der Waals surface area contributed by atoms with Crippen LogP contribution >= 0.6 is 0 Å². The maximum absolute atomic E-state index is 11.7. The van der Waals surface area contributed by atoms with Crippen LogP contribution in [-0.2, 0) is 10.2 Å². The van der Waals surface area contributed by atoms with Crippen molar-refractivity contribution in [1.82, 2.24) is 0 Å². The summed E-state index contributed by atoms with van der Waals surface area (Å²) in [7, 11) is 0. The number of aryl methyl sites for hydroxylation is 1. The zero-order valence-corrected chi connectivity index (χ0v) is 12.7. The fourth-order valence-electron chi connectivity index (χ4n) is 6.07. The smallest absolute Gasteiger partial charge is 0.304 e. The average Bonchev–Trinajstić information content (AvgIpc) is 2.42. The molecule has 4 fully saturated rings. The topological polar surface area (TPSA) is 37.3 Å². The Hall–Kier alpha value is -1.31. The molecule has 0 amide bonds. The summed E-state index contributed by atoms with van der Waals surface area (Å²) in [6, 6.07) is 8.68. The van der Waals surface area contributed by atoms with Gasteiger partial charge in [-0.25, -0.2) is 0 Å². The van der Waals surface area contributed by atoms with Crippen molar-refractivity contribution in [3.05, 3.63) is 35.4 Å². The molecule has 0 spiro atoms. The van der Waals surface area contributed by atoms with Gasteiger partial charge in [-0.05, 0) is 68.3 Å². The molecule has 4 saturated carbocycles. The van der Waals surface area contributed by atoms with Crippen LogP contribution in [0.3, 0.4) is 0 Å². The van der Waals surface area contributed by atoms with Crippen molar-refractivity contribution in [2.75, 3.05) is 0 Å². The van der Waals surface area contributed by atoms with Crippen molar-refractivity contribution < 1.29 is 9.90 Å². The minimum Gasteiger partial charge on any atom is -0.481 e. The van der Waals surface area contributed by atoms with Gasteiger partial charge < -0.3 is 5.11 Å². The average molecular weight is 284 g/mol. The lowest BCUT2D eigenvalue weighted by atomic mass is 9.43. The molecule has 0 radical (unpaired) electrons. The van der Waals surface area contributed by atoms with Crippen molar-refractivity contribution in [2.24, 2.45) is 23.7 Å². The highest BCUT2D eigenvalue weighted by Gasteiger charge is 2.58. The van der Waals surface area contributed by atoms with E-state index in [0.717, 1.165) is 11.8 Å². The Morgan fingerprint density at radius 1 is 1.14 bits per heavy atom. The molecule has 5 rings (SSSR count). The molecule has 21 heavy (non-hydrogen) atoms. The molecule has 0 aliphatic heterocycles. The van der Waals surface area contributed by atoms with Gasteiger partial charge in [-0.1, -0.05) is 29.8 Å². The summed E-state index contributed by atoms with van der Waals surface area (Å²) in [6.07, 6.45) is 6.76. The highest BCUT2D eigenvalue weighted by molar-refractivity contribution is 5.69. The third-order valence-corrected chi connectivity index (χ3v) is 6.59. The molecule has 1 aromatic rings. The number of benzene rings is 1. The Balaban J connectivity index is 1.83. The molecule has 4 aliphatic carbocycles. The molecule has 0 saturated heterocycles. The van der Waals surface area contributed by atoms with Gasteiger partial charge in [-0.15, -0.1) is 0 Å². The maximum atomic E-state index is 11.7. The SMILES string of the molecule is Cc1cccc(C2(CC(=O)O)C3CC4CC(C3)CC2C4)c1. The van der Waals surface area contributed by atoms with Crippen LogP contribution in [0.25, 0.3) is 0 Å². The predicted octanol–water partition coefficient (Wildman–Crippen LogP) is 4.16. The highest BCUT2D eigenvalue weighted by atomic mass is 16.4. The van der Waals surface area contributed by atoms with Crippen LogP contribution < -0.4 is 0 Å². The Morgan fingerprint density at radius 2 is 1.76 bits per heavy atom. The fraction of sp³-hybridized carbons (Fsp3) is 0.632. The van der Waals surface area contributed by atoms with Gasteiger partial charge in [0.15, 0.2) is 0 Å². The molecular formula is C19H24O2. The molecule has 4 bridgehead atoms. The zero-order valence-electron chi connectivity index (χ0n) is 12.7. The van der Waals surface area contributed by atoms with Gasteiger partial charge in [0.1, 0.15) is 0 Å². The molecule has 2 heteroatoms. The normalized spacial score (nSPS) is 40.4. The van der Waals surface area contributed by atoms with Gasteiger partial charge in [0.05, 0.1) is 6.42 Å². The highest BCUT2D eigenvalue weighted by Crippen LogP contribution is 2.64. The van der Waals surface area contributed by atoms with E-state index >= 15 is 0 Å². The van der Waals surface area contributed by atoms with Crippen LogP contribution in [0.4, 0.5) is 0 Å². The van der Waals surface area contributed by atoms with Crippen LogP contribution in [0.1, 0.15) is 49.7 Å². The molecule has 1 N–H and O–H groups in total. The lowest BCUT2D eigenvalue weighted by Crippen LogP contribution is -2.56. The van der Waals surface area contributed by atoms with E-state index in [1.807, 2.05) is 0 Å². The third-order valence-electron chi connectivity index (χ3n) is 6.59. The zero-order chi connectivity index (χ0) is 14.6. The predicted molar refractivity (Wildman–Crippen MR) is 82.2 cm³/mol. The van der Waals surface area contributed by atoms with Gasteiger partial charge in [-0.3, -0.25) is 4.79 Å². The molecule has 0 aromatic heterocycles. The summed E-state index contributed by atoms with van der Waals surface area (Å²) < 4.78 is 0. The molecular weight excluding hydrogens is 260 g/mol. The summed E-state index contributed by atoms with van der Waals surface area (Å²) in [4.78, 5) is 11.7. The van der Waals surface area contributed by atoms with Crippen molar-refractivity contribution in [3.8, 4) is 0 Å². The summed E-state index contributed by atoms with van der Waals surface area (Å²) in [5.74, 6) is 2.31. The fourth-order valence-corrected chi connectivity index (χ4v) is 6.07. The maximum Gasteiger partial charge on any atom is 0.304 e. The second kappa shape index (κ2) is 4.59. The van der Waals surface area contributed by atoms with E-state index in [1.165, 1.54) is 43.2 Å².